The van der Waals surface area contributed by atoms with E-state index < -0.39 is 0 Å². The summed E-state index contributed by atoms with van der Waals surface area (Å²) < 4.78 is 14.9. The molecule has 5 rings (SSSR count). The van der Waals surface area contributed by atoms with Gasteiger partial charge in [0.2, 0.25) is 0 Å². The lowest BCUT2D eigenvalue weighted by Gasteiger charge is -2.07. The maximum Gasteiger partial charge on any atom is 0.259 e. The third kappa shape index (κ3) is 3.54. The highest BCUT2D eigenvalue weighted by molar-refractivity contribution is 6.06. The van der Waals surface area contributed by atoms with E-state index in [2.05, 4.69) is 20.4 Å². The first-order valence-electron chi connectivity index (χ1n) is 10.2. The minimum absolute atomic E-state index is 0.246. The van der Waals surface area contributed by atoms with Crippen LogP contribution in [0.3, 0.4) is 0 Å². The molecule has 2 aromatic heterocycles. The van der Waals surface area contributed by atoms with Crippen molar-refractivity contribution in [3.05, 3.63) is 95.6 Å². The summed E-state index contributed by atoms with van der Waals surface area (Å²) in [6.45, 7) is 3.61. The molecule has 0 radical (unpaired) electrons. The Labute approximate surface area is 183 Å². The Balaban J connectivity index is 1.37. The van der Waals surface area contributed by atoms with E-state index in [4.69, 9.17) is 0 Å². The van der Waals surface area contributed by atoms with Gasteiger partial charge in [-0.05, 0) is 74.5 Å². The summed E-state index contributed by atoms with van der Waals surface area (Å²) in [6.07, 6.45) is 0. The van der Waals surface area contributed by atoms with Gasteiger partial charge in [-0.15, -0.1) is 0 Å². The lowest BCUT2D eigenvalue weighted by atomic mass is 10.1. The van der Waals surface area contributed by atoms with Gasteiger partial charge in [-0.25, -0.2) is 14.1 Å². The van der Waals surface area contributed by atoms with Crippen LogP contribution in [-0.4, -0.2) is 25.7 Å². The number of benzene rings is 3. The number of rotatable bonds is 4. The molecular weight excluding hydrogens is 405 g/mol. The summed E-state index contributed by atoms with van der Waals surface area (Å²) in [5.74, 6) is 0.209. The number of anilines is 1. The van der Waals surface area contributed by atoms with E-state index in [0.29, 0.717) is 28.3 Å². The first-order valence-corrected chi connectivity index (χ1v) is 10.2. The van der Waals surface area contributed by atoms with Crippen molar-refractivity contribution in [2.75, 3.05) is 5.32 Å². The van der Waals surface area contributed by atoms with Gasteiger partial charge in [0.15, 0.2) is 0 Å². The van der Waals surface area contributed by atoms with Crippen LogP contribution in [0.25, 0.3) is 28.1 Å². The van der Waals surface area contributed by atoms with Gasteiger partial charge in [-0.2, -0.15) is 5.10 Å². The number of hydrogen-bond acceptors (Lipinski definition) is 3. The molecule has 32 heavy (non-hydrogen) atoms. The number of aromatic amines is 1. The summed E-state index contributed by atoms with van der Waals surface area (Å²) in [6, 6.07) is 21.4. The van der Waals surface area contributed by atoms with Crippen molar-refractivity contribution < 1.29 is 9.18 Å². The van der Waals surface area contributed by atoms with Gasteiger partial charge < -0.3 is 10.3 Å². The molecule has 0 aliphatic heterocycles. The third-order valence-corrected chi connectivity index (χ3v) is 5.40. The van der Waals surface area contributed by atoms with E-state index in [1.807, 2.05) is 55.5 Å². The zero-order valence-electron chi connectivity index (χ0n) is 17.6. The second-order valence-corrected chi connectivity index (χ2v) is 7.57. The number of carbonyl (C=O) groups excluding carboxylic acids is 1. The number of aryl methyl sites for hydroxylation is 1. The molecule has 0 unspecified atom stereocenters. The van der Waals surface area contributed by atoms with Crippen molar-refractivity contribution in [3.63, 3.8) is 0 Å². The fourth-order valence-electron chi connectivity index (χ4n) is 3.80. The van der Waals surface area contributed by atoms with Crippen molar-refractivity contribution >= 4 is 22.6 Å². The number of halogens is 1. The van der Waals surface area contributed by atoms with Gasteiger partial charge in [0.25, 0.3) is 5.91 Å². The SMILES string of the molecule is Cc1nn(-c2ccc(F)cc2)c(C)c1C(=O)Nc1ccc(-c2nc3ccccc3[nH]2)cc1. The number of hydrogen-bond donors (Lipinski definition) is 2. The molecule has 0 fully saturated rings. The predicted molar refractivity (Wildman–Crippen MR) is 122 cm³/mol. The Bertz CT molecular complexity index is 1400. The second kappa shape index (κ2) is 7.77. The summed E-state index contributed by atoms with van der Waals surface area (Å²) in [5.41, 5.74) is 5.96. The molecule has 3 aromatic carbocycles. The molecule has 158 valence electrons. The molecule has 6 nitrogen and oxygen atoms in total. The third-order valence-electron chi connectivity index (χ3n) is 5.40. The molecule has 0 bridgehead atoms. The highest BCUT2D eigenvalue weighted by Crippen LogP contribution is 2.23. The van der Waals surface area contributed by atoms with Gasteiger partial charge in [0.05, 0.1) is 33.7 Å². The van der Waals surface area contributed by atoms with Crippen LogP contribution in [-0.2, 0) is 0 Å². The molecule has 1 amide bonds. The molecular formula is C25H20FN5O. The highest BCUT2D eigenvalue weighted by Gasteiger charge is 2.19. The van der Waals surface area contributed by atoms with Crippen molar-refractivity contribution in [2.24, 2.45) is 0 Å². The van der Waals surface area contributed by atoms with Crippen LogP contribution in [0, 0.1) is 19.7 Å². The average molecular weight is 425 g/mol. The highest BCUT2D eigenvalue weighted by atomic mass is 19.1. The number of aromatic nitrogens is 4. The molecule has 0 aliphatic carbocycles. The number of nitrogens with zero attached hydrogens (tertiary/aromatic N) is 3. The summed E-state index contributed by atoms with van der Waals surface area (Å²) in [4.78, 5) is 20.9. The van der Waals surface area contributed by atoms with Crippen LogP contribution in [0.15, 0.2) is 72.8 Å². The molecule has 7 heteroatoms. The number of H-pyrrole nitrogens is 1. The monoisotopic (exact) mass is 425 g/mol. The van der Waals surface area contributed by atoms with E-state index in [9.17, 15) is 9.18 Å². The van der Waals surface area contributed by atoms with Gasteiger partial charge in [0, 0.05) is 11.3 Å². The van der Waals surface area contributed by atoms with Crippen molar-refractivity contribution in [2.45, 2.75) is 13.8 Å². The predicted octanol–water partition coefficient (Wildman–Crippen LogP) is 5.42. The fraction of sp³-hybridized carbons (Fsp3) is 0.0800. The molecule has 0 atom stereocenters. The number of carbonyl (C=O) groups is 1. The van der Waals surface area contributed by atoms with Gasteiger partial charge >= 0.3 is 0 Å². The van der Waals surface area contributed by atoms with Crippen molar-refractivity contribution in [1.82, 2.24) is 19.7 Å². The Morgan fingerprint density at radius 1 is 0.969 bits per heavy atom. The van der Waals surface area contributed by atoms with Crippen molar-refractivity contribution in [3.8, 4) is 17.1 Å². The normalized spacial score (nSPS) is 11.1. The average Bonchev–Trinajstić information content (AvgIpc) is 3.35. The Morgan fingerprint density at radius 2 is 1.69 bits per heavy atom. The molecule has 0 saturated carbocycles. The Morgan fingerprint density at radius 3 is 2.41 bits per heavy atom. The van der Waals surface area contributed by atoms with E-state index in [1.165, 1.54) is 12.1 Å². The second-order valence-electron chi connectivity index (χ2n) is 7.57. The summed E-state index contributed by atoms with van der Waals surface area (Å²) in [5, 5.41) is 7.40. The van der Waals surface area contributed by atoms with Crippen LogP contribution in [0.4, 0.5) is 10.1 Å². The Hall–Kier alpha value is -4.26. The zero-order chi connectivity index (χ0) is 22.2. The Kier molecular flexibility index (Phi) is 4.78. The molecule has 2 heterocycles. The molecule has 5 aromatic rings. The lowest BCUT2D eigenvalue weighted by molar-refractivity contribution is 0.102. The number of amides is 1. The number of para-hydroxylation sites is 2. The van der Waals surface area contributed by atoms with Crippen LogP contribution in [0.1, 0.15) is 21.7 Å². The molecule has 0 aliphatic rings. The van der Waals surface area contributed by atoms with Gasteiger partial charge in [-0.1, -0.05) is 12.1 Å². The fourth-order valence-corrected chi connectivity index (χ4v) is 3.80. The molecule has 0 saturated heterocycles. The lowest BCUT2D eigenvalue weighted by Crippen LogP contribution is -2.14. The van der Waals surface area contributed by atoms with Crippen LogP contribution >= 0.6 is 0 Å². The van der Waals surface area contributed by atoms with E-state index >= 15 is 0 Å². The topological polar surface area (TPSA) is 75.6 Å². The minimum Gasteiger partial charge on any atom is -0.338 e. The standard InChI is InChI=1S/C25H20FN5O/c1-15-23(16(2)31(30-15)20-13-9-18(26)10-14-20)25(32)27-19-11-7-17(8-12-19)24-28-21-5-3-4-6-22(21)29-24/h3-14H,1-2H3,(H,27,32)(H,28,29). The molecule has 0 spiro atoms. The van der Waals surface area contributed by atoms with Gasteiger partial charge in [0.1, 0.15) is 11.6 Å². The first-order chi connectivity index (χ1) is 15.5. The molecule has 2 N–H and O–H groups in total. The van der Waals surface area contributed by atoms with Crippen LogP contribution in [0.5, 0.6) is 0 Å². The van der Waals surface area contributed by atoms with Gasteiger partial charge in [-0.3, -0.25) is 4.79 Å². The number of fused-ring (bicyclic) bond motifs is 1. The zero-order valence-corrected chi connectivity index (χ0v) is 17.6. The smallest absolute Gasteiger partial charge is 0.259 e. The maximum atomic E-state index is 13.2. The summed E-state index contributed by atoms with van der Waals surface area (Å²) >= 11 is 0. The van der Waals surface area contributed by atoms with Crippen LogP contribution < -0.4 is 5.32 Å². The van der Waals surface area contributed by atoms with E-state index in [0.717, 1.165) is 22.4 Å². The first kappa shape index (κ1) is 19.7. The summed E-state index contributed by atoms with van der Waals surface area (Å²) in [7, 11) is 0. The van der Waals surface area contributed by atoms with E-state index in [1.54, 1.807) is 23.7 Å². The van der Waals surface area contributed by atoms with Crippen molar-refractivity contribution in [1.29, 1.82) is 0 Å². The van der Waals surface area contributed by atoms with E-state index in [-0.39, 0.29) is 11.7 Å². The van der Waals surface area contributed by atoms with Crippen LogP contribution in [0.2, 0.25) is 0 Å². The maximum absolute atomic E-state index is 13.2. The quantitative estimate of drug-likeness (QED) is 0.403. The number of nitrogens with one attached hydrogen (secondary N) is 2. The largest absolute Gasteiger partial charge is 0.338 e. The number of imidazole rings is 1. The minimum atomic E-state index is -0.320.